The number of hydrogen-bond acceptors (Lipinski definition) is 9. The Bertz CT molecular complexity index is 1560. The first-order valence-corrected chi connectivity index (χ1v) is 13.6. The van der Waals surface area contributed by atoms with E-state index in [1.165, 1.54) is 6.33 Å². The van der Waals surface area contributed by atoms with Gasteiger partial charge in [-0.3, -0.25) is 4.90 Å². The zero-order valence-electron chi connectivity index (χ0n) is 22.6. The van der Waals surface area contributed by atoms with Crippen molar-refractivity contribution in [3.63, 3.8) is 0 Å². The van der Waals surface area contributed by atoms with Crippen LogP contribution in [0.15, 0.2) is 61.1 Å². The number of carbonyl (C=O) groups excluding carboxylic acids is 1. The summed E-state index contributed by atoms with van der Waals surface area (Å²) in [4.78, 5) is 35.1. The van der Waals surface area contributed by atoms with Gasteiger partial charge in [0, 0.05) is 19.6 Å². The minimum absolute atomic E-state index is 0.211. The number of rotatable bonds is 5. The highest BCUT2D eigenvalue weighted by molar-refractivity contribution is 6.32. The van der Waals surface area contributed by atoms with Crippen molar-refractivity contribution in [1.29, 1.82) is 0 Å². The summed E-state index contributed by atoms with van der Waals surface area (Å²) < 4.78 is 11.5. The van der Waals surface area contributed by atoms with Crippen LogP contribution in [0.1, 0.15) is 33.6 Å². The summed E-state index contributed by atoms with van der Waals surface area (Å²) in [6.07, 6.45) is 4.78. The van der Waals surface area contributed by atoms with Crippen molar-refractivity contribution < 1.29 is 14.3 Å². The Labute approximate surface area is 237 Å². The molecular formula is C29H30ClN7O3. The standard InChI is InChI=1S/C29H30ClN7O3/c1-28(2,3)40-27(38)37-14-13-36(17-29(37)11-12-29)23-10-9-22-24(35-23)25(33-18-32-22)34-19-15-21(30)26(31-16-19)39-20-7-5-4-6-8-20/h4-10,15-16,18H,11-14,17H2,1-3H3,(H,32,33,34). The normalized spacial score (nSPS) is 16.2. The van der Waals surface area contributed by atoms with Gasteiger partial charge in [-0.2, -0.15) is 0 Å². The number of ether oxygens (including phenoxy) is 2. The number of nitrogens with zero attached hydrogens (tertiary/aromatic N) is 6. The van der Waals surface area contributed by atoms with Crippen LogP contribution in [0.2, 0.25) is 5.02 Å². The number of para-hydroxylation sites is 1. The SMILES string of the molecule is CC(C)(C)OC(=O)N1CCN(c2ccc3ncnc(Nc4cnc(Oc5ccccc5)c(Cl)c4)c3n2)CC12CC2. The van der Waals surface area contributed by atoms with E-state index in [9.17, 15) is 4.79 Å². The molecule has 1 saturated heterocycles. The molecule has 1 spiro atoms. The van der Waals surface area contributed by atoms with Gasteiger partial charge in [0.25, 0.3) is 0 Å². The number of nitrogens with one attached hydrogen (secondary N) is 1. The average molecular weight is 560 g/mol. The van der Waals surface area contributed by atoms with Crippen molar-refractivity contribution in [1.82, 2.24) is 24.8 Å². The molecule has 1 aromatic carbocycles. The topological polar surface area (TPSA) is 106 Å². The minimum Gasteiger partial charge on any atom is -0.444 e. The third-order valence-electron chi connectivity index (χ3n) is 6.91. The van der Waals surface area contributed by atoms with Crippen LogP contribution in [0.25, 0.3) is 11.0 Å². The Kier molecular flexibility index (Phi) is 6.58. The summed E-state index contributed by atoms with van der Waals surface area (Å²) in [5, 5.41) is 3.64. The molecule has 1 N–H and O–H groups in total. The summed E-state index contributed by atoms with van der Waals surface area (Å²) in [5.41, 5.74) is 1.23. The molecule has 2 fully saturated rings. The molecule has 1 saturated carbocycles. The highest BCUT2D eigenvalue weighted by atomic mass is 35.5. The van der Waals surface area contributed by atoms with E-state index in [1.54, 1.807) is 12.3 Å². The molecule has 206 valence electrons. The number of pyridine rings is 2. The minimum atomic E-state index is -0.525. The zero-order valence-corrected chi connectivity index (χ0v) is 23.4. The molecule has 11 heteroatoms. The Balaban J connectivity index is 1.21. The molecule has 4 aromatic rings. The van der Waals surface area contributed by atoms with Crippen molar-refractivity contribution >= 4 is 46.1 Å². The fraction of sp³-hybridized carbons (Fsp3) is 0.345. The molecule has 1 aliphatic carbocycles. The summed E-state index contributed by atoms with van der Waals surface area (Å²) in [6.45, 7) is 7.60. The van der Waals surface area contributed by atoms with Crippen LogP contribution in [-0.4, -0.2) is 61.7 Å². The maximum absolute atomic E-state index is 12.9. The molecule has 10 nitrogen and oxygen atoms in total. The number of piperazine rings is 1. The number of amides is 1. The van der Waals surface area contributed by atoms with Crippen molar-refractivity contribution in [2.75, 3.05) is 29.9 Å². The number of anilines is 3. The van der Waals surface area contributed by atoms with Gasteiger partial charge in [-0.1, -0.05) is 29.8 Å². The van der Waals surface area contributed by atoms with Crippen LogP contribution in [0.4, 0.5) is 22.1 Å². The molecule has 0 bridgehead atoms. The molecule has 4 heterocycles. The maximum Gasteiger partial charge on any atom is 0.410 e. The summed E-state index contributed by atoms with van der Waals surface area (Å²) in [5.74, 6) is 2.31. The number of benzene rings is 1. The number of hydrogen-bond donors (Lipinski definition) is 1. The molecule has 2 aliphatic rings. The molecule has 3 aromatic heterocycles. The summed E-state index contributed by atoms with van der Waals surface area (Å²) >= 11 is 6.47. The number of halogens is 1. The van der Waals surface area contributed by atoms with Crippen molar-refractivity contribution in [3.8, 4) is 11.6 Å². The molecule has 1 amide bonds. The first-order chi connectivity index (χ1) is 19.2. The van der Waals surface area contributed by atoms with E-state index < -0.39 is 5.60 Å². The van der Waals surface area contributed by atoms with E-state index in [4.69, 9.17) is 26.1 Å². The number of carbonyl (C=O) groups is 1. The van der Waals surface area contributed by atoms with Gasteiger partial charge in [-0.05, 0) is 63.9 Å². The van der Waals surface area contributed by atoms with Crippen LogP contribution in [-0.2, 0) is 4.74 Å². The monoisotopic (exact) mass is 559 g/mol. The van der Waals surface area contributed by atoms with Crippen LogP contribution in [0.5, 0.6) is 11.6 Å². The largest absolute Gasteiger partial charge is 0.444 e. The lowest BCUT2D eigenvalue weighted by molar-refractivity contribution is 0.0106. The molecule has 1 aliphatic heterocycles. The number of fused-ring (bicyclic) bond motifs is 1. The van der Waals surface area contributed by atoms with Crippen molar-refractivity contribution in [3.05, 3.63) is 66.1 Å². The first kappa shape index (κ1) is 26.1. The Morgan fingerprint density at radius 1 is 1.05 bits per heavy atom. The van der Waals surface area contributed by atoms with E-state index in [1.807, 2.05) is 68.1 Å². The van der Waals surface area contributed by atoms with Crippen LogP contribution in [0, 0.1) is 0 Å². The molecule has 0 radical (unpaired) electrons. The van der Waals surface area contributed by atoms with E-state index in [0.717, 1.165) is 18.7 Å². The quantitative estimate of drug-likeness (QED) is 0.306. The van der Waals surface area contributed by atoms with Gasteiger partial charge in [0.15, 0.2) is 5.82 Å². The molecule has 0 unspecified atom stereocenters. The lowest BCUT2D eigenvalue weighted by Gasteiger charge is -2.42. The van der Waals surface area contributed by atoms with Crippen molar-refractivity contribution in [2.45, 2.75) is 44.8 Å². The molecule has 0 atom stereocenters. The van der Waals surface area contributed by atoms with Gasteiger partial charge >= 0.3 is 6.09 Å². The molecule has 40 heavy (non-hydrogen) atoms. The van der Waals surface area contributed by atoms with Crippen LogP contribution in [0.3, 0.4) is 0 Å². The maximum atomic E-state index is 12.9. The zero-order chi connectivity index (χ0) is 27.9. The number of aromatic nitrogens is 4. The van der Waals surface area contributed by atoms with Gasteiger partial charge < -0.3 is 19.7 Å². The van der Waals surface area contributed by atoms with Gasteiger partial charge in [0.05, 0.1) is 22.9 Å². The lowest BCUT2D eigenvalue weighted by Crippen LogP contribution is -2.58. The van der Waals surface area contributed by atoms with Crippen LogP contribution < -0.4 is 15.0 Å². The summed E-state index contributed by atoms with van der Waals surface area (Å²) in [7, 11) is 0. The average Bonchev–Trinajstić information content (AvgIpc) is 3.68. The van der Waals surface area contributed by atoms with Gasteiger partial charge in [-0.25, -0.2) is 24.7 Å². The fourth-order valence-corrected chi connectivity index (χ4v) is 5.06. The highest BCUT2D eigenvalue weighted by Crippen LogP contribution is 2.45. The van der Waals surface area contributed by atoms with Crippen molar-refractivity contribution in [2.24, 2.45) is 0 Å². The highest BCUT2D eigenvalue weighted by Gasteiger charge is 2.54. The predicted molar refractivity (Wildman–Crippen MR) is 153 cm³/mol. The van der Waals surface area contributed by atoms with E-state index in [-0.39, 0.29) is 11.6 Å². The van der Waals surface area contributed by atoms with E-state index in [0.29, 0.717) is 58.8 Å². The Hall–Kier alpha value is -4.18. The van der Waals surface area contributed by atoms with E-state index in [2.05, 4.69) is 25.2 Å². The second-order valence-electron chi connectivity index (χ2n) is 11.1. The molecule has 6 rings (SSSR count). The van der Waals surface area contributed by atoms with Gasteiger partial charge in [0.1, 0.15) is 34.0 Å². The Morgan fingerprint density at radius 2 is 1.85 bits per heavy atom. The molecular weight excluding hydrogens is 530 g/mol. The summed E-state index contributed by atoms with van der Waals surface area (Å²) in [6, 6.07) is 15.0. The lowest BCUT2D eigenvalue weighted by atomic mass is 10.1. The van der Waals surface area contributed by atoms with E-state index >= 15 is 0 Å². The first-order valence-electron chi connectivity index (χ1n) is 13.2. The second kappa shape index (κ2) is 10.1. The second-order valence-corrected chi connectivity index (χ2v) is 11.5. The fourth-order valence-electron chi connectivity index (χ4n) is 4.85. The van der Waals surface area contributed by atoms with Gasteiger partial charge in [0.2, 0.25) is 5.88 Å². The third kappa shape index (κ3) is 5.44. The Morgan fingerprint density at radius 3 is 2.58 bits per heavy atom. The van der Waals surface area contributed by atoms with Crippen LogP contribution >= 0.6 is 11.6 Å². The third-order valence-corrected chi connectivity index (χ3v) is 7.18. The predicted octanol–water partition coefficient (Wildman–Crippen LogP) is 6.20. The van der Waals surface area contributed by atoms with Gasteiger partial charge in [-0.15, -0.1) is 0 Å². The smallest absolute Gasteiger partial charge is 0.410 e.